The summed E-state index contributed by atoms with van der Waals surface area (Å²) >= 11 is 0. The van der Waals surface area contributed by atoms with Gasteiger partial charge in [-0.1, -0.05) is 6.07 Å². The van der Waals surface area contributed by atoms with Crippen LogP contribution < -0.4 is 25.0 Å². The first-order chi connectivity index (χ1) is 19.3. The van der Waals surface area contributed by atoms with Crippen LogP contribution >= 0.6 is 0 Å². The lowest BCUT2D eigenvalue weighted by Gasteiger charge is -2.23. The third kappa shape index (κ3) is 5.63. The molecule has 0 radical (unpaired) electrons. The third-order valence-corrected chi connectivity index (χ3v) is 6.79. The van der Waals surface area contributed by atoms with Gasteiger partial charge in [0.2, 0.25) is 5.91 Å². The van der Waals surface area contributed by atoms with Crippen LogP contribution in [0.4, 0.5) is 17.1 Å². The number of amides is 2. The van der Waals surface area contributed by atoms with Crippen LogP contribution in [-0.4, -0.2) is 57.1 Å². The first-order valence-electron chi connectivity index (χ1n) is 13.1. The van der Waals surface area contributed by atoms with Gasteiger partial charge in [0.15, 0.2) is 11.5 Å². The highest BCUT2D eigenvalue weighted by atomic mass is 16.6. The Balaban J connectivity index is 1.52. The van der Waals surface area contributed by atoms with E-state index in [2.05, 4.69) is 21.6 Å². The van der Waals surface area contributed by atoms with E-state index in [-0.39, 0.29) is 11.8 Å². The summed E-state index contributed by atoms with van der Waals surface area (Å²) in [7, 11) is 4.02. The van der Waals surface area contributed by atoms with Gasteiger partial charge in [-0.2, -0.15) is 5.26 Å². The molecule has 0 bridgehead atoms. The minimum atomic E-state index is -0.275. The van der Waals surface area contributed by atoms with E-state index in [1.165, 1.54) is 0 Å². The van der Waals surface area contributed by atoms with Crippen molar-refractivity contribution in [3.63, 3.8) is 0 Å². The van der Waals surface area contributed by atoms with E-state index >= 15 is 0 Å². The largest absolute Gasteiger partial charge is 0.486 e. The Hall–Kier alpha value is -4.81. The summed E-state index contributed by atoms with van der Waals surface area (Å²) in [4.78, 5) is 29.5. The molecule has 0 fully saturated rings. The molecule has 0 saturated heterocycles. The van der Waals surface area contributed by atoms with Crippen LogP contribution in [0, 0.1) is 11.3 Å². The number of carbonyl (C=O) groups is 2. The van der Waals surface area contributed by atoms with Gasteiger partial charge in [0, 0.05) is 36.0 Å². The summed E-state index contributed by atoms with van der Waals surface area (Å²) in [5, 5.41) is 15.7. The monoisotopic (exact) mass is 537 g/mol. The molecule has 2 amide bonds. The first kappa shape index (κ1) is 26.8. The number of benzene rings is 3. The van der Waals surface area contributed by atoms with Crippen molar-refractivity contribution in [2.24, 2.45) is 0 Å². The number of rotatable bonds is 8. The molecule has 5 rings (SSSR count). The van der Waals surface area contributed by atoms with Crippen molar-refractivity contribution in [2.45, 2.75) is 13.3 Å². The maximum absolute atomic E-state index is 13.3. The Morgan fingerprint density at radius 2 is 1.75 bits per heavy atom. The van der Waals surface area contributed by atoms with Crippen molar-refractivity contribution in [2.75, 3.05) is 55.9 Å². The molecule has 2 N–H and O–H groups in total. The number of fused-ring (bicyclic) bond motifs is 2. The predicted molar refractivity (Wildman–Crippen MR) is 155 cm³/mol. The highest BCUT2D eigenvalue weighted by Crippen LogP contribution is 2.40. The molecule has 2 heterocycles. The first-order valence-corrected chi connectivity index (χ1v) is 13.1. The molecule has 0 saturated carbocycles. The predicted octanol–water partition coefficient (Wildman–Crippen LogP) is 4.57. The maximum atomic E-state index is 13.3. The normalized spacial score (nSPS) is 14.7. The lowest BCUT2D eigenvalue weighted by molar-refractivity contribution is -0.116. The summed E-state index contributed by atoms with van der Waals surface area (Å²) in [6.45, 7) is 4.00. The Labute approximate surface area is 233 Å². The minimum absolute atomic E-state index is 0.0190. The molecular weight excluding hydrogens is 506 g/mol. The van der Waals surface area contributed by atoms with E-state index in [4.69, 9.17) is 9.47 Å². The number of hydrogen-bond donors (Lipinski definition) is 2. The number of nitrogens with one attached hydrogen (secondary N) is 2. The summed E-state index contributed by atoms with van der Waals surface area (Å²) in [6.07, 6.45) is 0.856. The Morgan fingerprint density at radius 3 is 2.45 bits per heavy atom. The highest BCUT2D eigenvalue weighted by Gasteiger charge is 2.29. The highest BCUT2D eigenvalue weighted by molar-refractivity contribution is 6.37. The average Bonchev–Trinajstić information content (AvgIpc) is 3.28. The SMILES string of the molecule is CC(=O)N(CCCN(C)C)c1ccc(NC(=C2C(=O)Nc3cc(C#N)ccc32)c2ccc3c(c2)OCCO3)cc1. The molecule has 204 valence electrons. The van der Waals surface area contributed by atoms with Gasteiger partial charge in [0.1, 0.15) is 13.2 Å². The Kier molecular flexibility index (Phi) is 7.71. The Bertz CT molecular complexity index is 1520. The second-order valence-corrected chi connectivity index (χ2v) is 9.93. The summed E-state index contributed by atoms with van der Waals surface area (Å²) in [6, 6.07) is 20.4. The van der Waals surface area contributed by atoms with Crippen LogP contribution in [0.5, 0.6) is 11.5 Å². The number of ether oxygens (including phenoxy) is 2. The van der Waals surface area contributed by atoms with Gasteiger partial charge in [-0.25, -0.2) is 0 Å². The smallest absolute Gasteiger partial charge is 0.258 e. The fraction of sp³-hybridized carbons (Fsp3) is 0.258. The molecule has 9 heteroatoms. The fourth-order valence-corrected chi connectivity index (χ4v) is 4.85. The molecule has 0 aromatic heterocycles. The van der Waals surface area contributed by atoms with Gasteiger partial charge >= 0.3 is 0 Å². The number of nitrogens with zero attached hydrogens (tertiary/aromatic N) is 3. The van der Waals surface area contributed by atoms with Gasteiger partial charge < -0.3 is 29.9 Å². The summed E-state index contributed by atoms with van der Waals surface area (Å²) in [5.41, 5.74) is 5.07. The van der Waals surface area contributed by atoms with Gasteiger partial charge in [0.05, 0.1) is 28.6 Å². The molecule has 0 aliphatic carbocycles. The van der Waals surface area contributed by atoms with Crippen molar-refractivity contribution in [3.8, 4) is 17.6 Å². The zero-order valence-electron chi connectivity index (χ0n) is 22.8. The standard InChI is InChI=1S/C31H31N5O4/c1-20(37)36(14-4-13-35(2)3)24-9-7-23(8-10-24)33-30(22-6-12-27-28(18-22)40-16-15-39-27)29-25-11-5-21(19-32)17-26(25)34-31(29)38/h5-12,17-18,33H,4,13-16H2,1-3H3,(H,34,38). The van der Waals surface area contributed by atoms with Crippen LogP contribution in [0.3, 0.4) is 0 Å². The molecule has 9 nitrogen and oxygen atoms in total. The summed E-state index contributed by atoms with van der Waals surface area (Å²) < 4.78 is 11.5. The molecule has 40 heavy (non-hydrogen) atoms. The van der Waals surface area contributed by atoms with E-state index in [1.807, 2.05) is 56.6 Å². The van der Waals surface area contributed by atoms with E-state index in [9.17, 15) is 14.9 Å². The second-order valence-electron chi connectivity index (χ2n) is 9.93. The molecule has 0 atom stereocenters. The van der Waals surface area contributed by atoms with Gasteiger partial charge in [-0.15, -0.1) is 0 Å². The number of anilines is 3. The molecule has 0 spiro atoms. The van der Waals surface area contributed by atoms with E-state index in [1.54, 1.807) is 30.0 Å². The van der Waals surface area contributed by atoms with Crippen molar-refractivity contribution in [1.29, 1.82) is 5.26 Å². The van der Waals surface area contributed by atoms with Crippen molar-refractivity contribution < 1.29 is 19.1 Å². The van der Waals surface area contributed by atoms with Crippen molar-refractivity contribution in [1.82, 2.24) is 4.90 Å². The summed E-state index contributed by atoms with van der Waals surface area (Å²) in [5.74, 6) is 0.960. The van der Waals surface area contributed by atoms with Crippen LogP contribution in [0.15, 0.2) is 60.7 Å². The second kappa shape index (κ2) is 11.5. The molecule has 0 unspecified atom stereocenters. The number of carbonyl (C=O) groups excluding carboxylic acids is 2. The topological polar surface area (TPSA) is 107 Å². The third-order valence-electron chi connectivity index (χ3n) is 6.79. The van der Waals surface area contributed by atoms with Crippen molar-refractivity contribution in [3.05, 3.63) is 77.4 Å². The Morgan fingerprint density at radius 1 is 1.00 bits per heavy atom. The number of hydrogen-bond acceptors (Lipinski definition) is 7. The van der Waals surface area contributed by atoms with Gasteiger partial charge in [-0.3, -0.25) is 9.59 Å². The minimum Gasteiger partial charge on any atom is -0.486 e. The van der Waals surface area contributed by atoms with E-state index in [0.717, 1.165) is 29.9 Å². The van der Waals surface area contributed by atoms with Crippen LogP contribution in [0.1, 0.15) is 30.0 Å². The van der Waals surface area contributed by atoms with Crippen LogP contribution in [0.25, 0.3) is 11.3 Å². The number of nitriles is 1. The molecular formula is C31H31N5O4. The lowest BCUT2D eigenvalue weighted by Crippen LogP contribution is -2.31. The molecule has 3 aromatic carbocycles. The molecule has 2 aliphatic heterocycles. The lowest BCUT2D eigenvalue weighted by atomic mass is 9.98. The zero-order chi connectivity index (χ0) is 28.2. The molecule has 3 aromatic rings. The van der Waals surface area contributed by atoms with Crippen LogP contribution in [0.2, 0.25) is 0 Å². The van der Waals surface area contributed by atoms with Crippen LogP contribution in [-0.2, 0) is 9.59 Å². The fourth-order valence-electron chi connectivity index (χ4n) is 4.85. The average molecular weight is 538 g/mol. The quantitative estimate of drug-likeness (QED) is 0.406. The van der Waals surface area contributed by atoms with E-state index < -0.39 is 0 Å². The molecule has 2 aliphatic rings. The van der Waals surface area contributed by atoms with Crippen molar-refractivity contribution >= 4 is 40.1 Å². The van der Waals surface area contributed by atoms with E-state index in [0.29, 0.717) is 59.3 Å². The maximum Gasteiger partial charge on any atom is 0.258 e. The zero-order valence-corrected chi connectivity index (χ0v) is 22.8. The van der Waals surface area contributed by atoms with Gasteiger partial charge in [-0.05, 0) is 81.7 Å². The van der Waals surface area contributed by atoms with Gasteiger partial charge in [0.25, 0.3) is 5.91 Å².